The minimum atomic E-state index is -6.00. The predicted octanol–water partition coefficient (Wildman–Crippen LogP) is 8.98. The molecule has 1 nitrogen and oxygen atoms in total. The number of halogens is 4. The lowest BCUT2D eigenvalue weighted by molar-refractivity contribution is -0.667. The Balaban J connectivity index is 0.000000595. The largest absolute Gasteiger partial charge is 0.673 e. The summed E-state index contributed by atoms with van der Waals surface area (Å²) >= 11 is 0. The van der Waals surface area contributed by atoms with E-state index in [0.717, 1.165) is 25.8 Å². The van der Waals surface area contributed by atoms with Crippen LogP contribution in [0.25, 0.3) is 33.6 Å². The van der Waals surface area contributed by atoms with Gasteiger partial charge in [-0.25, -0.2) is 0 Å². The number of fused-ring (bicyclic) bond motifs is 3. The van der Waals surface area contributed by atoms with Crippen molar-refractivity contribution in [1.82, 2.24) is 0 Å². The molecule has 4 aromatic carbocycles. The number of aryl methyl sites for hydroxylation is 1. The molecule has 0 fully saturated rings. The van der Waals surface area contributed by atoms with Crippen LogP contribution >= 0.6 is 0 Å². The zero-order valence-electron chi connectivity index (χ0n) is 22.3. The molecule has 0 amide bonds. The SMILES string of the molecule is CCc1c(-c2ccccc2)c2c([n+](Cc3ccccc3)c1-c1ccccc1)-c1ccccc1CC2.F[B-](F)(F)F. The highest BCUT2D eigenvalue weighted by Crippen LogP contribution is 2.42. The smallest absolute Gasteiger partial charge is 0.418 e. The fraction of sp³-hybridized carbons (Fsp3) is 0.147. The molecule has 6 heteroatoms. The minimum absolute atomic E-state index is 0.851. The number of hydrogen-bond donors (Lipinski definition) is 0. The van der Waals surface area contributed by atoms with Gasteiger partial charge >= 0.3 is 7.25 Å². The average molecular weight is 539 g/mol. The van der Waals surface area contributed by atoms with Gasteiger partial charge in [-0.1, -0.05) is 104 Å². The van der Waals surface area contributed by atoms with Gasteiger partial charge in [-0.2, -0.15) is 4.57 Å². The maximum atomic E-state index is 9.75. The Bertz CT molecular complexity index is 1560. The molecule has 40 heavy (non-hydrogen) atoms. The van der Waals surface area contributed by atoms with Gasteiger partial charge in [0.1, 0.15) is 0 Å². The van der Waals surface area contributed by atoms with Crippen molar-refractivity contribution in [3.05, 3.63) is 138 Å². The lowest BCUT2D eigenvalue weighted by Gasteiger charge is -2.26. The van der Waals surface area contributed by atoms with E-state index in [0.29, 0.717) is 0 Å². The number of benzene rings is 4. The molecule has 0 atom stereocenters. The molecule has 0 saturated carbocycles. The second kappa shape index (κ2) is 11.9. The van der Waals surface area contributed by atoms with Crippen LogP contribution in [0.2, 0.25) is 0 Å². The zero-order valence-corrected chi connectivity index (χ0v) is 22.3. The van der Waals surface area contributed by atoms with Crippen molar-refractivity contribution in [3.8, 4) is 33.6 Å². The van der Waals surface area contributed by atoms with Crippen LogP contribution in [0.5, 0.6) is 0 Å². The van der Waals surface area contributed by atoms with Gasteiger partial charge in [-0.05, 0) is 48.6 Å². The molecule has 0 spiro atoms. The first-order valence-electron chi connectivity index (χ1n) is 13.6. The normalized spacial score (nSPS) is 12.1. The second-order valence-electron chi connectivity index (χ2n) is 9.84. The summed E-state index contributed by atoms with van der Waals surface area (Å²) in [6.07, 6.45) is 3.13. The van der Waals surface area contributed by atoms with Gasteiger partial charge in [0.25, 0.3) is 0 Å². The van der Waals surface area contributed by atoms with Crippen molar-refractivity contribution in [2.75, 3.05) is 0 Å². The van der Waals surface area contributed by atoms with E-state index < -0.39 is 7.25 Å². The summed E-state index contributed by atoms with van der Waals surface area (Å²) < 4.78 is 41.6. The quantitative estimate of drug-likeness (QED) is 0.119. The number of pyridine rings is 1. The van der Waals surface area contributed by atoms with E-state index in [-0.39, 0.29) is 0 Å². The Morgan fingerprint density at radius 2 is 1.15 bits per heavy atom. The Labute approximate surface area is 232 Å². The van der Waals surface area contributed by atoms with Crippen LogP contribution in [0.1, 0.15) is 29.2 Å². The van der Waals surface area contributed by atoms with E-state index >= 15 is 0 Å². The average Bonchev–Trinajstić information content (AvgIpc) is 2.97. The first-order valence-corrected chi connectivity index (χ1v) is 13.6. The van der Waals surface area contributed by atoms with Crippen molar-refractivity contribution in [2.45, 2.75) is 32.7 Å². The number of hydrogen-bond acceptors (Lipinski definition) is 0. The molecule has 1 aliphatic carbocycles. The maximum Gasteiger partial charge on any atom is 0.673 e. The van der Waals surface area contributed by atoms with Crippen LogP contribution < -0.4 is 4.57 Å². The van der Waals surface area contributed by atoms with Gasteiger partial charge in [-0.15, -0.1) is 0 Å². The Morgan fingerprint density at radius 3 is 1.75 bits per heavy atom. The van der Waals surface area contributed by atoms with Gasteiger partial charge in [-0.3, -0.25) is 0 Å². The molecule has 0 aliphatic heterocycles. The summed E-state index contributed by atoms with van der Waals surface area (Å²) in [5.41, 5.74) is 13.8. The molecular weight excluding hydrogens is 509 g/mol. The van der Waals surface area contributed by atoms with Gasteiger partial charge in [0.05, 0.1) is 0 Å². The minimum Gasteiger partial charge on any atom is -0.418 e. The summed E-state index contributed by atoms with van der Waals surface area (Å²) in [7, 11) is -6.00. The lowest BCUT2D eigenvalue weighted by atomic mass is 9.80. The van der Waals surface area contributed by atoms with Crippen LogP contribution in [0.4, 0.5) is 17.3 Å². The monoisotopic (exact) mass is 539 g/mol. The molecule has 0 radical (unpaired) electrons. The predicted molar refractivity (Wildman–Crippen MR) is 155 cm³/mol. The van der Waals surface area contributed by atoms with Crippen molar-refractivity contribution in [2.24, 2.45) is 0 Å². The van der Waals surface area contributed by atoms with Gasteiger partial charge in [0.15, 0.2) is 6.54 Å². The third-order valence-corrected chi connectivity index (χ3v) is 7.28. The molecule has 1 aromatic heterocycles. The van der Waals surface area contributed by atoms with Crippen molar-refractivity contribution in [1.29, 1.82) is 0 Å². The van der Waals surface area contributed by atoms with Gasteiger partial charge < -0.3 is 17.3 Å². The third-order valence-electron chi connectivity index (χ3n) is 7.28. The summed E-state index contributed by atoms with van der Waals surface area (Å²) in [5.74, 6) is 0. The van der Waals surface area contributed by atoms with Crippen molar-refractivity contribution in [3.63, 3.8) is 0 Å². The van der Waals surface area contributed by atoms with E-state index in [4.69, 9.17) is 0 Å². The van der Waals surface area contributed by atoms with Crippen molar-refractivity contribution < 1.29 is 21.8 Å². The van der Waals surface area contributed by atoms with Crippen LogP contribution in [0, 0.1) is 0 Å². The fourth-order valence-corrected chi connectivity index (χ4v) is 5.78. The van der Waals surface area contributed by atoms with E-state index in [2.05, 4.69) is 127 Å². The number of rotatable bonds is 5. The highest BCUT2D eigenvalue weighted by atomic mass is 19.5. The Morgan fingerprint density at radius 1 is 0.625 bits per heavy atom. The van der Waals surface area contributed by atoms with Gasteiger partial charge in [0, 0.05) is 33.4 Å². The molecule has 6 rings (SSSR count). The third kappa shape index (κ3) is 6.01. The molecule has 0 bridgehead atoms. The second-order valence-corrected chi connectivity index (χ2v) is 9.84. The molecule has 1 aliphatic rings. The lowest BCUT2D eigenvalue weighted by Crippen LogP contribution is -2.43. The van der Waals surface area contributed by atoms with Crippen LogP contribution in [0.15, 0.2) is 115 Å². The van der Waals surface area contributed by atoms with Crippen molar-refractivity contribution >= 4 is 7.25 Å². The zero-order chi connectivity index (χ0) is 28.1. The molecule has 5 aromatic rings. The Kier molecular flexibility index (Phi) is 8.15. The Hall–Kier alpha value is -4.19. The first-order chi connectivity index (χ1) is 19.3. The highest BCUT2D eigenvalue weighted by Gasteiger charge is 2.35. The van der Waals surface area contributed by atoms with E-state index in [1.165, 1.54) is 55.9 Å². The van der Waals surface area contributed by atoms with E-state index in [9.17, 15) is 17.3 Å². The van der Waals surface area contributed by atoms with E-state index in [1.807, 2.05) is 0 Å². The van der Waals surface area contributed by atoms with Gasteiger partial charge in [0.2, 0.25) is 11.4 Å². The maximum absolute atomic E-state index is 9.75. The summed E-state index contributed by atoms with van der Waals surface area (Å²) in [6.45, 7) is 3.16. The molecule has 1 heterocycles. The summed E-state index contributed by atoms with van der Waals surface area (Å²) in [4.78, 5) is 0. The topological polar surface area (TPSA) is 3.88 Å². The first kappa shape index (κ1) is 27.4. The molecule has 202 valence electrons. The molecule has 0 unspecified atom stereocenters. The number of nitrogens with zero attached hydrogens (tertiary/aromatic N) is 1. The van der Waals surface area contributed by atoms with Crippen LogP contribution in [-0.2, 0) is 25.8 Å². The van der Waals surface area contributed by atoms with Crippen LogP contribution in [-0.4, -0.2) is 7.25 Å². The molecule has 0 N–H and O–H groups in total. The molecular formula is C34H30BF4N. The highest BCUT2D eigenvalue weighted by molar-refractivity contribution is 6.50. The summed E-state index contributed by atoms with van der Waals surface area (Å²) in [6, 6.07) is 41.9. The fourth-order valence-electron chi connectivity index (χ4n) is 5.78. The summed E-state index contributed by atoms with van der Waals surface area (Å²) in [5, 5.41) is 0. The van der Waals surface area contributed by atoms with Crippen LogP contribution in [0.3, 0.4) is 0 Å². The number of aromatic nitrogens is 1. The standard InChI is InChI=1S/C34H30N.BF4/c1-2-29-32(27-17-8-4-9-18-27)31-23-22-26-16-12-13-21-30(26)34(31)35(24-25-14-6-3-7-15-25)33(29)28-19-10-5-11-20-28;2-1(3,4)5/h3-21H,2,22-24H2,1H3;/q+1;-1. The molecule has 0 saturated heterocycles. The van der Waals surface area contributed by atoms with E-state index in [1.54, 1.807) is 0 Å².